The highest BCUT2D eigenvalue weighted by atomic mass is 15.1. The standard InChI is InChI=1S/C19H26N2/c1-16-9-10-19(13-17(16)2)15-21(12-6-11-20)14-18-7-4-3-5-8-18/h3-5,7-10,13H,6,11-12,14-15,20H2,1-2H3. The molecule has 112 valence electrons. The first kappa shape index (κ1) is 15.7. The Morgan fingerprint density at radius 3 is 2.24 bits per heavy atom. The molecular weight excluding hydrogens is 256 g/mol. The molecule has 0 aliphatic rings. The van der Waals surface area contributed by atoms with Crippen LogP contribution in [0.1, 0.15) is 28.7 Å². The van der Waals surface area contributed by atoms with Crippen molar-refractivity contribution in [1.29, 1.82) is 0 Å². The van der Waals surface area contributed by atoms with Gasteiger partial charge in [0.15, 0.2) is 0 Å². The van der Waals surface area contributed by atoms with Gasteiger partial charge in [0.1, 0.15) is 0 Å². The molecule has 0 amide bonds. The molecule has 0 heterocycles. The lowest BCUT2D eigenvalue weighted by molar-refractivity contribution is 0.255. The van der Waals surface area contributed by atoms with Gasteiger partial charge < -0.3 is 5.73 Å². The van der Waals surface area contributed by atoms with Gasteiger partial charge in [-0.05, 0) is 49.1 Å². The highest BCUT2D eigenvalue weighted by Gasteiger charge is 2.07. The molecule has 2 N–H and O–H groups in total. The number of hydrogen-bond donors (Lipinski definition) is 1. The minimum absolute atomic E-state index is 0.748. The van der Waals surface area contributed by atoms with Crippen LogP contribution in [0.25, 0.3) is 0 Å². The molecule has 0 fully saturated rings. The number of benzene rings is 2. The van der Waals surface area contributed by atoms with E-state index in [1.54, 1.807) is 0 Å². The fraction of sp³-hybridized carbons (Fsp3) is 0.368. The van der Waals surface area contributed by atoms with Crippen molar-refractivity contribution in [2.45, 2.75) is 33.4 Å². The van der Waals surface area contributed by atoms with Gasteiger partial charge in [0, 0.05) is 19.6 Å². The second-order valence-electron chi connectivity index (χ2n) is 5.76. The number of rotatable bonds is 7. The molecule has 2 rings (SSSR count). The second kappa shape index (κ2) is 7.96. The van der Waals surface area contributed by atoms with Gasteiger partial charge in [-0.15, -0.1) is 0 Å². The topological polar surface area (TPSA) is 29.3 Å². The molecular formula is C19H26N2. The van der Waals surface area contributed by atoms with Gasteiger partial charge in [0.2, 0.25) is 0 Å². The van der Waals surface area contributed by atoms with Crippen LogP contribution in [-0.4, -0.2) is 18.0 Å². The lowest BCUT2D eigenvalue weighted by Gasteiger charge is -2.23. The van der Waals surface area contributed by atoms with Crippen molar-refractivity contribution in [2.24, 2.45) is 5.73 Å². The molecule has 2 aromatic rings. The third-order valence-corrected chi connectivity index (χ3v) is 3.90. The molecule has 0 aliphatic heterocycles. The van der Waals surface area contributed by atoms with Crippen LogP contribution in [0.3, 0.4) is 0 Å². The van der Waals surface area contributed by atoms with Gasteiger partial charge in [-0.2, -0.15) is 0 Å². The Balaban J connectivity index is 2.06. The zero-order valence-corrected chi connectivity index (χ0v) is 13.2. The molecule has 0 bridgehead atoms. The van der Waals surface area contributed by atoms with E-state index in [9.17, 15) is 0 Å². The molecule has 0 aromatic heterocycles. The highest BCUT2D eigenvalue weighted by molar-refractivity contribution is 5.30. The van der Waals surface area contributed by atoms with Crippen LogP contribution in [0.5, 0.6) is 0 Å². The first-order valence-electron chi connectivity index (χ1n) is 7.71. The molecule has 0 aliphatic carbocycles. The van der Waals surface area contributed by atoms with Crippen molar-refractivity contribution < 1.29 is 0 Å². The average Bonchev–Trinajstić information content (AvgIpc) is 2.49. The summed E-state index contributed by atoms with van der Waals surface area (Å²) in [6, 6.07) is 17.4. The lowest BCUT2D eigenvalue weighted by atomic mass is 10.1. The third kappa shape index (κ3) is 5.00. The molecule has 0 spiro atoms. The van der Waals surface area contributed by atoms with Gasteiger partial charge in [-0.25, -0.2) is 0 Å². The Kier molecular flexibility index (Phi) is 5.97. The van der Waals surface area contributed by atoms with E-state index in [0.29, 0.717) is 0 Å². The molecule has 2 aromatic carbocycles. The van der Waals surface area contributed by atoms with Gasteiger partial charge in [0.05, 0.1) is 0 Å². The zero-order chi connectivity index (χ0) is 15.1. The van der Waals surface area contributed by atoms with E-state index in [1.807, 2.05) is 0 Å². The van der Waals surface area contributed by atoms with Crippen molar-refractivity contribution in [1.82, 2.24) is 4.90 Å². The van der Waals surface area contributed by atoms with E-state index in [0.717, 1.165) is 32.6 Å². The summed E-state index contributed by atoms with van der Waals surface area (Å²) < 4.78 is 0. The van der Waals surface area contributed by atoms with Gasteiger partial charge in [-0.3, -0.25) is 4.90 Å². The maximum absolute atomic E-state index is 5.68. The summed E-state index contributed by atoms with van der Waals surface area (Å²) in [4.78, 5) is 2.48. The van der Waals surface area contributed by atoms with Crippen LogP contribution in [0.2, 0.25) is 0 Å². The molecule has 0 atom stereocenters. The molecule has 0 saturated carbocycles. The summed E-state index contributed by atoms with van der Waals surface area (Å²) in [6.45, 7) is 8.09. The van der Waals surface area contributed by atoms with E-state index in [1.165, 1.54) is 22.3 Å². The fourth-order valence-electron chi connectivity index (χ4n) is 2.53. The molecule has 0 radical (unpaired) electrons. The molecule has 0 unspecified atom stereocenters. The summed E-state index contributed by atoms with van der Waals surface area (Å²) in [5, 5.41) is 0. The lowest BCUT2D eigenvalue weighted by Crippen LogP contribution is -2.25. The Morgan fingerprint density at radius 1 is 0.857 bits per heavy atom. The van der Waals surface area contributed by atoms with Gasteiger partial charge in [0.25, 0.3) is 0 Å². The van der Waals surface area contributed by atoms with E-state index in [2.05, 4.69) is 67.3 Å². The monoisotopic (exact) mass is 282 g/mol. The van der Waals surface area contributed by atoms with E-state index >= 15 is 0 Å². The Hall–Kier alpha value is -1.64. The van der Waals surface area contributed by atoms with Crippen LogP contribution in [0, 0.1) is 13.8 Å². The van der Waals surface area contributed by atoms with Crippen LogP contribution in [0.4, 0.5) is 0 Å². The van der Waals surface area contributed by atoms with Crippen LogP contribution in [-0.2, 0) is 13.1 Å². The molecule has 21 heavy (non-hydrogen) atoms. The summed E-state index contributed by atoms with van der Waals surface area (Å²) >= 11 is 0. The number of nitrogens with zero attached hydrogens (tertiary/aromatic N) is 1. The van der Waals surface area contributed by atoms with Crippen molar-refractivity contribution >= 4 is 0 Å². The first-order chi connectivity index (χ1) is 10.2. The molecule has 2 nitrogen and oxygen atoms in total. The van der Waals surface area contributed by atoms with Crippen molar-refractivity contribution in [3.8, 4) is 0 Å². The fourth-order valence-corrected chi connectivity index (χ4v) is 2.53. The highest BCUT2D eigenvalue weighted by Crippen LogP contribution is 2.14. The normalized spacial score (nSPS) is 11.0. The van der Waals surface area contributed by atoms with Crippen molar-refractivity contribution in [3.05, 3.63) is 70.8 Å². The quantitative estimate of drug-likeness (QED) is 0.840. The maximum Gasteiger partial charge on any atom is 0.0237 e. The van der Waals surface area contributed by atoms with E-state index in [-0.39, 0.29) is 0 Å². The first-order valence-corrected chi connectivity index (χ1v) is 7.71. The van der Waals surface area contributed by atoms with Gasteiger partial charge in [-0.1, -0.05) is 48.5 Å². The van der Waals surface area contributed by atoms with E-state index in [4.69, 9.17) is 5.73 Å². The zero-order valence-electron chi connectivity index (χ0n) is 13.2. The second-order valence-corrected chi connectivity index (χ2v) is 5.76. The minimum atomic E-state index is 0.748. The summed E-state index contributed by atoms with van der Waals surface area (Å²) in [5.41, 5.74) is 11.1. The van der Waals surface area contributed by atoms with Crippen LogP contribution < -0.4 is 5.73 Å². The van der Waals surface area contributed by atoms with E-state index < -0.39 is 0 Å². The smallest absolute Gasteiger partial charge is 0.0237 e. The SMILES string of the molecule is Cc1ccc(CN(CCCN)Cc2ccccc2)cc1C. The third-order valence-electron chi connectivity index (χ3n) is 3.90. The predicted octanol–water partition coefficient (Wildman–Crippen LogP) is 3.65. The largest absolute Gasteiger partial charge is 0.330 e. The van der Waals surface area contributed by atoms with Crippen molar-refractivity contribution in [3.63, 3.8) is 0 Å². The summed E-state index contributed by atoms with van der Waals surface area (Å²) in [7, 11) is 0. The van der Waals surface area contributed by atoms with Crippen LogP contribution in [0.15, 0.2) is 48.5 Å². The number of aryl methyl sites for hydroxylation is 2. The molecule has 2 heteroatoms. The van der Waals surface area contributed by atoms with Crippen LogP contribution >= 0.6 is 0 Å². The Morgan fingerprint density at radius 2 is 1.57 bits per heavy atom. The predicted molar refractivity (Wildman–Crippen MR) is 90.1 cm³/mol. The number of nitrogens with two attached hydrogens (primary N) is 1. The van der Waals surface area contributed by atoms with Gasteiger partial charge >= 0.3 is 0 Å². The number of hydrogen-bond acceptors (Lipinski definition) is 2. The maximum atomic E-state index is 5.68. The van der Waals surface area contributed by atoms with Crippen molar-refractivity contribution in [2.75, 3.05) is 13.1 Å². The summed E-state index contributed by atoms with van der Waals surface area (Å²) in [6.07, 6.45) is 1.04. The molecule has 0 saturated heterocycles. The average molecular weight is 282 g/mol. The Labute approximate surface area is 128 Å². The summed E-state index contributed by atoms with van der Waals surface area (Å²) in [5.74, 6) is 0. The minimum Gasteiger partial charge on any atom is -0.330 e. The Bertz CT molecular complexity index is 549.